The van der Waals surface area contributed by atoms with Gasteiger partial charge in [0.25, 0.3) is 0 Å². The molecule has 4 heteroatoms. The van der Waals surface area contributed by atoms with Crippen LogP contribution in [0.4, 0.5) is 0 Å². The molecule has 0 saturated carbocycles. The van der Waals surface area contributed by atoms with Gasteiger partial charge in [0, 0.05) is 0 Å². The van der Waals surface area contributed by atoms with Crippen LogP contribution in [0.1, 0.15) is 33.4 Å². The predicted molar refractivity (Wildman–Crippen MR) is 301 cm³/mol. The van der Waals surface area contributed by atoms with Crippen LogP contribution in [0.15, 0.2) is 231 Å². The van der Waals surface area contributed by atoms with E-state index in [1.165, 1.54) is 54.1 Å². The summed E-state index contributed by atoms with van der Waals surface area (Å²) in [4.78, 5) is 0. The Morgan fingerprint density at radius 2 is 0.471 bits per heavy atom. The Bertz CT molecular complexity index is 3250. The molecule has 346 valence electrons. The first-order valence-corrected chi connectivity index (χ1v) is 26.1. The Balaban J connectivity index is 0.000000175. The van der Waals surface area contributed by atoms with E-state index in [1.54, 1.807) is 0 Å². The summed E-state index contributed by atoms with van der Waals surface area (Å²) in [5, 5.41) is 18.0. The van der Waals surface area contributed by atoms with E-state index in [9.17, 15) is 0 Å². The van der Waals surface area contributed by atoms with Gasteiger partial charge in [-0.1, -0.05) is 204 Å². The van der Waals surface area contributed by atoms with Gasteiger partial charge in [0.2, 0.25) is 0 Å². The van der Waals surface area contributed by atoms with Crippen molar-refractivity contribution in [2.75, 3.05) is 0 Å². The van der Waals surface area contributed by atoms with Crippen LogP contribution in [-0.4, -0.2) is 0 Å². The van der Waals surface area contributed by atoms with Crippen LogP contribution in [-0.2, 0) is 44.8 Å². The van der Waals surface area contributed by atoms with Gasteiger partial charge in [-0.05, 0) is 120 Å². The molecule has 0 aliphatic carbocycles. The maximum atomic E-state index is 7.46. The van der Waals surface area contributed by atoms with Gasteiger partial charge in [-0.3, -0.25) is 11.8 Å². The summed E-state index contributed by atoms with van der Waals surface area (Å²) in [6.07, 6.45) is 14.9. The van der Waals surface area contributed by atoms with Crippen molar-refractivity contribution in [3.05, 3.63) is 277 Å². The molecule has 0 unspecified atom stereocenters. The van der Waals surface area contributed by atoms with Crippen molar-refractivity contribution in [3.8, 4) is 11.8 Å². The summed E-state index contributed by atoms with van der Waals surface area (Å²) >= 11 is 0. The quantitative estimate of drug-likeness (QED) is 0.0512. The SMILES string of the molecule is Cc1ccccc1[PH+](c1ccccc1C)c1ccccc1[PH+](c1ccccc1C)c1ccccc1C.[Ag+].[Ag+].[C-]#Cc1c2ccccc2cc2ccccc12.[C-]#Cc1c2ccccc2cc2ccccc12. The van der Waals surface area contributed by atoms with E-state index < -0.39 is 15.8 Å². The second-order valence-electron chi connectivity index (χ2n) is 17.2. The minimum atomic E-state index is -1.23. The monoisotopic (exact) mass is 1120 g/mol. The number of fused-ring (bicyclic) bond motifs is 4. The smallest absolute Gasteiger partial charge is 0.366 e. The van der Waals surface area contributed by atoms with Crippen LogP contribution in [0.2, 0.25) is 0 Å². The van der Waals surface area contributed by atoms with Gasteiger partial charge >= 0.3 is 44.8 Å². The van der Waals surface area contributed by atoms with Crippen LogP contribution >= 0.6 is 15.8 Å². The standard InChI is InChI=1S/C34H32P2.2C16H9.2Ag/c1-25-15-5-9-19-29(25)35(30-20-10-6-16-26(30)2)33-23-13-14-24-34(33)36(31-21-11-7-17-27(31)3)32-22-12-8-18-28(32)4;2*1-2-14-15-9-5-3-7-12(15)11-13-8-4-6-10-16(13)14;;/h5-24H,1-4H3;2*3-11H;;/q;2*-1;2*+1/p+2. The van der Waals surface area contributed by atoms with Crippen molar-refractivity contribution >= 4 is 90.8 Å². The maximum absolute atomic E-state index is 7.46. The number of hydrogen-bond acceptors (Lipinski definition) is 0. The van der Waals surface area contributed by atoms with E-state index in [1.807, 2.05) is 72.8 Å². The molecule has 11 rings (SSSR count). The van der Waals surface area contributed by atoms with Gasteiger partial charge in [0.1, 0.15) is 47.7 Å². The third-order valence-electron chi connectivity index (χ3n) is 12.9. The van der Waals surface area contributed by atoms with Crippen molar-refractivity contribution in [3.63, 3.8) is 0 Å². The molecule has 70 heavy (non-hydrogen) atoms. The molecule has 0 heterocycles. The molecule has 0 aromatic heterocycles. The Morgan fingerprint density at radius 1 is 0.271 bits per heavy atom. The van der Waals surface area contributed by atoms with Crippen LogP contribution in [0.3, 0.4) is 0 Å². The van der Waals surface area contributed by atoms with Gasteiger partial charge in [0.05, 0.1) is 0 Å². The minimum Gasteiger partial charge on any atom is -0.366 e. The van der Waals surface area contributed by atoms with E-state index in [0.29, 0.717) is 0 Å². The molecular weight excluding hydrogens is 1070 g/mol. The number of benzene rings is 11. The van der Waals surface area contributed by atoms with Crippen molar-refractivity contribution in [1.82, 2.24) is 0 Å². The Kier molecular flexibility index (Phi) is 17.9. The Morgan fingerprint density at radius 3 is 0.700 bits per heavy atom. The van der Waals surface area contributed by atoms with E-state index in [-0.39, 0.29) is 44.8 Å². The number of hydrogen-bond donors (Lipinski definition) is 0. The molecule has 0 spiro atoms. The fraction of sp³-hybridized carbons (Fsp3) is 0.0606. The van der Waals surface area contributed by atoms with E-state index in [0.717, 1.165) is 54.2 Å². The first-order chi connectivity index (χ1) is 33.4. The summed E-state index contributed by atoms with van der Waals surface area (Å²) < 4.78 is 0. The first kappa shape index (κ1) is 51.8. The zero-order valence-electron chi connectivity index (χ0n) is 39.5. The van der Waals surface area contributed by atoms with E-state index in [2.05, 4.69) is 197 Å². The topological polar surface area (TPSA) is 0 Å². The molecule has 0 fully saturated rings. The van der Waals surface area contributed by atoms with Crippen LogP contribution in [0.5, 0.6) is 0 Å². The summed E-state index contributed by atoms with van der Waals surface area (Å²) in [7, 11) is -2.45. The molecule has 11 aromatic rings. The second kappa shape index (κ2) is 24.2. The molecule has 0 atom stereocenters. The summed E-state index contributed by atoms with van der Waals surface area (Å²) in [5.41, 5.74) is 7.28. The summed E-state index contributed by atoms with van der Waals surface area (Å²) in [6.45, 7) is 9.09. The minimum absolute atomic E-state index is 0. The molecule has 0 aliphatic heterocycles. The average Bonchev–Trinajstić information content (AvgIpc) is 3.38. The van der Waals surface area contributed by atoms with Crippen LogP contribution < -0.4 is 31.8 Å². The number of aryl methyl sites for hydroxylation is 4. The molecule has 0 bridgehead atoms. The number of rotatable bonds is 6. The summed E-state index contributed by atoms with van der Waals surface area (Å²) in [5.74, 6) is 5.13. The first-order valence-electron chi connectivity index (χ1n) is 23.1. The van der Waals surface area contributed by atoms with E-state index in [4.69, 9.17) is 12.8 Å². The van der Waals surface area contributed by atoms with Gasteiger partial charge in [-0.15, -0.1) is 11.1 Å². The van der Waals surface area contributed by atoms with Crippen molar-refractivity contribution < 1.29 is 44.8 Å². The molecule has 0 aliphatic rings. The van der Waals surface area contributed by atoms with Crippen molar-refractivity contribution in [2.45, 2.75) is 27.7 Å². The fourth-order valence-electron chi connectivity index (χ4n) is 9.50. The molecule has 0 radical (unpaired) electrons. The zero-order valence-corrected chi connectivity index (χ0v) is 44.5. The third kappa shape index (κ3) is 10.9. The van der Waals surface area contributed by atoms with Gasteiger partial charge in [-0.2, -0.15) is 0 Å². The second-order valence-corrected chi connectivity index (χ2v) is 21.9. The summed E-state index contributed by atoms with van der Waals surface area (Å²) in [6, 6.07) is 82.2. The van der Waals surface area contributed by atoms with E-state index >= 15 is 0 Å². The largest absolute Gasteiger partial charge is 1.00 e. The third-order valence-corrected chi connectivity index (χ3v) is 19.5. The average molecular weight is 1120 g/mol. The van der Waals surface area contributed by atoms with Crippen LogP contribution in [0, 0.1) is 52.4 Å². The Labute approximate surface area is 448 Å². The van der Waals surface area contributed by atoms with Crippen molar-refractivity contribution in [2.24, 2.45) is 0 Å². The molecular formula is C66H52Ag2P2+2. The van der Waals surface area contributed by atoms with Gasteiger partial charge in [-0.25, -0.2) is 0 Å². The van der Waals surface area contributed by atoms with Gasteiger partial charge < -0.3 is 12.8 Å². The predicted octanol–water partition coefficient (Wildman–Crippen LogP) is 13.8. The normalized spacial score (nSPS) is 10.6. The fourth-order valence-corrected chi connectivity index (χ4v) is 16.2. The van der Waals surface area contributed by atoms with Crippen LogP contribution in [0.25, 0.3) is 43.1 Å². The van der Waals surface area contributed by atoms with Crippen molar-refractivity contribution in [1.29, 1.82) is 0 Å². The molecule has 0 nitrogen and oxygen atoms in total. The molecule has 11 aromatic carbocycles. The molecule has 0 N–H and O–H groups in total. The Hall–Kier alpha value is -6.08. The van der Waals surface area contributed by atoms with Gasteiger partial charge in [0.15, 0.2) is 0 Å². The maximum Gasteiger partial charge on any atom is 1.00 e. The molecule has 0 saturated heterocycles. The molecule has 0 amide bonds. The zero-order chi connectivity index (χ0) is 47.0.